The Labute approximate surface area is 321 Å². The van der Waals surface area contributed by atoms with Crippen LogP contribution in [0.1, 0.15) is 174 Å². The third-order valence-electron chi connectivity index (χ3n) is 12.1. The summed E-state index contributed by atoms with van der Waals surface area (Å²) in [5.41, 5.74) is -0.428. The highest BCUT2D eigenvalue weighted by Gasteiger charge is 2.68. The van der Waals surface area contributed by atoms with Gasteiger partial charge in [-0.2, -0.15) is 0 Å². The van der Waals surface area contributed by atoms with Gasteiger partial charge >= 0.3 is 0 Å². The second kappa shape index (κ2) is 24.4. The fourth-order valence-corrected chi connectivity index (χ4v) is 10.4. The Morgan fingerprint density at radius 1 is 0.755 bits per heavy atom. The molecule has 4 rings (SSSR count). The maximum Gasteiger partial charge on any atom is 0.186 e. The number of aliphatic hydroxyl groups is 6. The van der Waals surface area contributed by atoms with E-state index in [1.165, 1.54) is 89.9 Å². The minimum atomic E-state index is -2.76. The number of hydrogen-bond donors (Lipinski definition) is 6. The largest absolute Gasteiger partial charge is 0.394 e. The Bertz CT molecular complexity index is 1090. The third kappa shape index (κ3) is 16.5. The fraction of sp³-hybridized carbons (Fsp3) is 1.00. The van der Waals surface area contributed by atoms with Crippen molar-refractivity contribution in [1.29, 1.82) is 0 Å². The Hall–Kier alpha value is -0.440. The molecule has 1 saturated heterocycles. The molecular formula is C41H78FNO9S. The lowest BCUT2D eigenvalue weighted by atomic mass is 9.41. The van der Waals surface area contributed by atoms with Crippen LogP contribution in [-0.2, 0) is 19.2 Å². The normalized spacial score (nSPS) is 30.9. The molecule has 2 bridgehead atoms. The van der Waals surface area contributed by atoms with Crippen molar-refractivity contribution in [1.82, 2.24) is 0 Å². The molecule has 0 aromatic rings. The summed E-state index contributed by atoms with van der Waals surface area (Å²) in [5, 5.41) is 62.5. The predicted molar refractivity (Wildman–Crippen MR) is 209 cm³/mol. The van der Waals surface area contributed by atoms with Crippen molar-refractivity contribution in [3.05, 3.63) is 0 Å². The molecule has 6 unspecified atom stereocenters. The lowest BCUT2D eigenvalue weighted by Crippen LogP contribution is -2.64. The summed E-state index contributed by atoms with van der Waals surface area (Å²) >= 11 is 0. The van der Waals surface area contributed by atoms with Crippen LogP contribution in [0.15, 0.2) is 4.36 Å². The molecule has 6 N–H and O–H groups in total. The van der Waals surface area contributed by atoms with Crippen molar-refractivity contribution in [3.8, 4) is 0 Å². The summed E-state index contributed by atoms with van der Waals surface area (Å²) in [6, 6.07) is -1.08. The van der Waals surface area contributed by atoms with Gasteiger partial charge < -0.3 is 40.1 Å². The molecular weight excluding hydrogens is 702 g/mol. The van der Waals surface area contributed by atoms with Crippen molar-refractivity contribution < 1.29 is 48.7 Å². The molecule has 1 aliphatic heterocycles. The molecule has 4 aliphatic rings. The minimum Gasteiger partial charge on any atom is -0.394 e. The summed E-state index contributed by atoms with van der Waals surface area (Å²) < 4.78 is 43.0. The van der Waals surface area contributed by atoms with E-state index in [0.29, 0.717) is 17.6 Å². The standard InChI is InChI=1S/C41H78FNO9S/c1-3-4-5-6-7-8-9-10-12-15-18-21-24-33(45)35(46)32(28-51-39-38(49)37(48)36(47)34(27-44)52-39)43-53(2,50)26-23-20-17-14-11-13-16-19-22-25-40-29-41(42,30-40)31-40/h32-39,44-49H,3-31H2,1-2H3/t32-,33+,34?,35-,36?,37?,38?,39?,40?,41?,53?/m0/s1. The SMILES string of the molecule is CCCCCCCCCCCCCC[C@@H](O)[C@@H](O)[C@H](COC1OC(CO)C(O)C(O)C1O)N=S(C)(=O)CCCCCCCCCCCC12CC(F)(C1)C2. The van der Waals surface area contributed by atoms with Crippen molar-refractivity contribution in [2.24, 2.45) is 9.78 Å². The van der Waals surface area contributed by atoms with Crippen LogP contribution in [0.25, 0.3) is 0 Å². The Balaban J connectivity index is 1.38. The lowest BCUT2D eigenvalue weighted by molar-refractivity contribution is -0.302. The van der Waals surface area contributed by atoms with Gasteiger partial charge in [-0.1, -0.05) is 135 Å². The van der Waals surface area contributed by atoms with Gasteiger partial charge in [0.15, 0.2) is 6.29 Å². The summed E-state index contributed by atoms with van der Waals surface area (Å²) in [7, 11) is -2.76. The van der Waals surface area contributed by atoms with Crippen molar-refractivity contribution in [2.45, 2.75) is 228 Å². The van der Waals surface area contributed by atoms with Crippen molar-refractivity contribution in [3.63, 3.8) is 0 Å². The topological polar surface area (TPSA) is 169 Å². The molecule has 53 heavy (non-hydrogen) atoms. The molecule has 4 fully saturated rings. The van der Waals surface area contributed by atoms with Crippen LogP contribution >= 0.6 is 0 Å². The van der Waals surface area contributed by atoms with Crippen LogP contribution in [0.5, 0.6) is 0 Å². The third-order valence-corrected chi connectivity index (χ3v) is 13.8. The molecule has 0 radical (unpaired) electrons. The molecule has 10 nitrogen and oxygen atoms in total. The first-order chi connectivity index (χ1) is 25.3. The van der Waals surface area contributed by atoms with Gasteiger partial charge in [0.1, 0.15) is 42.2 Å². The van der Waals surface area contributed by atoms with E-state index in [-0.39, 0.29) is 6.61 Å². The zero-order valence-corrected chi connectivity index (χ0v) is 34.1. The zero-order valence-electron chi connectivity index (χ0n) is 33.3. The molecule has 0 aromatic heterocycles. The molecule has 3 saturated carbocycles. The van der Waals surface area contributed by atoms with Crippen LogP contribution in [0.2, 0.25) is 0 Å². The fourth-order valence-electron chi connectivity index (χ4n) is 8.78. The number of unbranched alkanes of at least 4 members (excludes halogenated alkanes) is 19. The summed E-state index contributed by atoms with van der Waals surface area (Å²) in [6.45, 7) is 1.28. The average molecular weight is 780 g/mol. The number of rotatable bonds is 32. The number of aliphatic hydroxyl groups excluding tert-OH is 6. The van der Waals surface area contributed by atoms with Gasteiger partial charge in [-0.25, -0.2) is 8.75 Å². The molecule has 0 spiro atoms. The number of nitrogens with zero attached hydrogens (tertiary/aromatic N) is 1. The number of alkyl halides is 1. The quantitative estimate of drug-likeness (QED) is 0.0399. The summed E-state index contributed by atoms with van der Waals surface area (Å²) in [4.78, 5) is 0. The minimum absolute atomic E-state index is 0.340. The van der Waals surface area contributed by atoms with Gasteiger partial charge in [0.25, 0.3) is 0 Å². The predicted octanol–water partition coefficient (Wildman–Crippen LogP) is 6.88. The second-order valence-corrected chi connectivity index (χ2v) is 19.8. The highest BCUT2D eigenvalue weighted by atomic mass is 32.2. The van der Waals surface area contributed by atoms with E-state index in [1.807, 2.05) is 0 Å². The van der Waals surface area contributed by atoms with E-state index in [2.05, 4.69) is 11.3 Å². The van der Waals surface area contributed by atoms with Crippen molar-refractivity contribution >= 4 is 9.73 Å². The average Bonchev–Trinajstić information content (AvgIpc) is 3.10. The van der Waals surface area contributed by atoms with Gasteiger partial charge in [-0.05, 0) is 43.9 Å². The van der Waals surface area contributed by atoms with E-state index in [4.69, 9.17) is 9.47 Å². The highest BCUT2D eigenvalue weighted by molar-refractivity contribution is 7.92. The van der Waals surface area contributed by atoms with Gasteiger partial charge in [-0.3, -0.25) is 4.21 Å². The van der Waals surface area contributed by atoms with Crippen molar-refractivity contribution in [2.75, 3.05) is 25.2 Å². The van der Waals surface area contributed by atoms with E-state index in [9.17, 15) is 39.2 Å². The first-order valence-corrected chi connectivity index (χ1v) is 23.6. The van der Waals surface area contributed by atoms with Crippen LogP contribution in [0.3, 0.4) is 0 Å². The first kappa shape index (κ1) is 46.9. The Morgan fingerprint density at radius 3 is 1.75 bits per heavy atom. The Kier molecular flexibility index (Phi) is 21.6. The second-order valence-electron chi connectivity index (χ2n) is 17.2. The first-order valence-electron chi connectivity index (χ1n) is 21.5. The molecule has 12 heteroatoms. The number of hydrogen-bond acceptors (Lipinski definition) is 10. The van der Waals surface area contributed by atoms with Gasteiger partial charge in [-0.15, -0.1) is 0 Å². The zero-order chi connectivity index (χ0) is 38.7. The molecule has 0 amide bonds. The highest BCUT2D eigenvalue weighted by Crippen LogP contribution is 2.71. The van der Waals surface area contributed by atoms with E-state index in [0.717, 1.165) is 70.6 Å². The molecule has 1 heterocycles. The molecule has 0 aromatic carbocycles. The molecule has 3 aliphatic carbocycles. The smallest absolute Gasteiger partial charge is 0.186 e. The molecule has 314 valence electrons. The van der Waals surface area contributed by atoms with Crippen LogP contribution in [0, 0.1) is 5.41 Å². The van der Waals surface area contributed by atoms with Gasteiger partial charge in [0, 0.05) is 21.7 Å². The maximum absolute atomic E-state index is 13.7. The van der Waals surface area contributed by atoms with Gasteiger partial charge in [0.2, 0.25) is 0 Å². The van der Waals surface area contributed by atoms with Gasteiger partial charge in [0.05, 0.1) is 19.3 Å². The van der Waals surface area contributed by atoms with Crippen LogP contribution in [0.4, 0.5) is 4.39 Å². The number of halogens is 1. The van der Waals surface area contributed by atoms with Crippen LogP contribution in [-0.4, -0.2) is 115 Å². The van der Waals surface area contributed by atoms with Crippen LogP contribution < -0.4 is 0 Å². The van der Waals surface area contributed by atoms with E-state index < -0.39 is 71.0 Å². The molecule has 9 atom stereocenters. The summed E-state index contributed by atoms with van der Waals surface area (Å²) in [6.07, 6.45) is 19.7. The van der Waals surface area contributed by atoms with E-state index >= 15 is 0 Å². The lowest BCUT2D eigenvalue weighted by Gasteiger charge is -2.66. The Morgan fingerprint density at radius 2 is 1.25 bits per heavy atom. The maximum atomic E-state index is 13.7. The van der Waals surface area contributed by atoms with E-state index in [1.54, 1.807) is 6.26 Å². The monoisotopic (exact) mass is 780 g/mol. The number of ether oxygens (including phenoxy) is 2. The summed E-state index contributed by atoms with van der Waals surface area (Å²) in [5.74, 6) is 0.340.